The van der Waals surface area contributed by atoms with Gasteiger partial charge >= 0.3 is 6.03 Å². The first kappa shape index (κ1) is 41.8. The molecule has 1 aliphatic heterocycles. The summed E-state index contributed by atoms with van der Waals surface area (Å²) >= 11 is 0. The van der Waals surface area contributed by atoms with Crippen molar-refractivity contribution in [3.05, 3.63) is 95.6 Å². The monoisotopic (exact) mass is 766 g/mol. The normalized spacial score (nSPS) is 16.7. The number of carbonyl (C=O) groups excluding carboxylic acids is 5. The quantitative estimate of drug-likeness (QED) is 0.175. The highest BCUT2D eigenvalue weighted by atomic mass is 16.5. The van der Waals surface area contributed by atoms with Gasteiger partial charge in [0.15, 0.2) is 0 Å². The second-order valence-electron chi connectivity index (χ2n) is 16.1. The van der Waals surface area contributed by atoms with Crippen LogP contribution in [0.2, 0.25) is 0 Å². The molecule has 4 N–H and O–H groups in total. The van der Waals surface area contributed by atoms with Crippen LogP contribution in [0.3, 0.4) is 0 Å². The van der Waals surface area contributed by atoms with Gasteiger partial charge in [-0.3, -0.25) is 19.2 Å². The highest BCUT2D eigenvalue weighted by Crippen LogP contribution is 2.30. The van der Waals surface area contributed by atoms with Crippen molar-refractivity contribution in [1.29, 1.82) is 0 Å². The molecule has 0 aromatic heterocycles. The predicted octanol–water partition coefficient (Wildman–Crippen LogP) is 5.31. The molecule has 0 saturated carbocycles. The van der Waals surface area contributed by atoms with Crippen LogP contribution in [-0.2, 0) is 32.0 Å². The fraction of sp³-hybridized carbons (Fsp3) is 0.477. The third-order valence-electron chi connectivity index (χ3n) is 10.6. The molecule has 2 aliphatic rings. The topological polar surface area (TPSA) is 149 Å². The fourth-order valence-electron chi connectivity index (χ4n) is 7.28. The highest BCUT2D eigenvalue weighted by molar-refractivity contribution is 5.96. The standard InChI is InChI=1S/C44H58N6O6/c1-44(2,3)29-45-39(51)28-38(48-43(55)50-26-24-32(25-27-50)42(54)49(4)33-19-21-34(56-5)22-20-33)41(53)47-37(23-18-30-12-7-6-8-13-30)40(52)46-36-17-11-15-31-14-9-10-16-35(31)36/h6-10,12-14,16,19-22,32,36-38H,11,15,17-18,23-29H2,1-5H3,(H,45,51)(H,46,52)(H,47,53)(H,48,55)/t36-,37+,38+/m1/s1. The second kappa shape index (κ2) is 19.5. The number of nitrogens with one attached hydrogen (secondary N) is 4. The van der Waals surface area contributed by atoms with E-state index in [0.717, 1.165) is 36.1 Å². The number of carbonyl (C=O) groups is 5. The summed E-state index contributed by atoms with van der Waals surface area (Å²) in [5.41, 5.74) is 3.85. The molecule has 0 spiro atoms. The number of ether oxygens (including phenoxy) is 1. The number of benzene rings is 3. The van der Waals surface area contributed by atoms with Crippen molar-refractivity contribution < 1.29 is 28.7 Å². The van der Waals surface area contributed by atoms with Crippen molar-refractivity contribution in [3.63, 3.8) is 0 Å². The molecule has 6 amide bonds. The molecule has 0 radical (unpaired) electrons. The molecule has 1 fully saturated rings. The summed E-state index contributed by atoms with van der Waals surface area (Å²) in [4.78, 5) is 71.7. The van der Waals surface area contributed by atoms with Gasteiger partial charge in [0.2, 0.25) is 23.6 Å². The minimum atomic E-state index is -1.24. The number of urea groups is 1. The van der Waals surface area contributed by atoms with Gasteiger partial charge in [-0.2, -0.15) is 0 Å². The molecule has 1 heterocycles. The Labute approximate surface area is 331 Å². The number of methoxy groups -OCH3 is 1. The van der Waals surface area contributed by atoms with Crippen LogP contribution in [0.1, 0.15) is 82.0 Å². The van der Waals surface area contributed by atoms with E-state index >= 15 is 0 Å². The molecule has 3 aromatic rings. The summed E-state index contributed by atoms with van der Waals surface area (Å²) in [6.45, 7) is 6.95. The fourth-order valence-corrected chi connectivity index (χ4v) is 7.28. The molecule has 1 aliphatic carbocycles. The van der Waals surface area contributed by atoms with E-state index in [0.29, 0.717) is 51.1 Å². The van der Waals surface area contributed by atoms with Crippen LogP contribution in [0.5, 0.6) is 5.75 Å². The Balaban J connectivity index is 1.27. The number of hydrogen-bond acceptors (Lipinski definition) is 6. The van der Waals surface area contributed by atoms with Crippen LogP contribution in [0.4, 0.5) is 10.5 Å². The number of likely N-dealkylation sites (tertiary alicyclic amines) is 1. The molecular weight excluding hydrogens is 709 g/mol. The average molecular weight is 767 g/mol. The molecule has 5 rings (SSSR count). The lowest BCUT2D eigenvalue weighted by molar-refractivity contribution is -0.132. The lowest BCUT2D eigenvalue weighted by atomic mass is 9.87. The summed E-state index contributed by atoms with van der Waals surface area (Å²) in [6.07, 6.45) is 4.11. The smallest absolute Gasteiger partial charge is 0.318 e. The van der Waals surface area contributed by atoms with Gasteiger partial charge in [0, 0.05) is 38.3 Å². The maximum Gasteiger partial charge on any atom is 0.318 e. The van der Waals surface area contributed by atoms with Crippen LogP contribution in [0.15, 0.2) is 78.9 Å². The number of nitrogens with zero attached hydrogens (tertiary/aromatic N) is 2. The van der Waals surface area contributed by atoms with Crippen LogP contribution in [0.25, 0.3) is 0 Å². The van der Waals surface area contributed by atoms with Crippen molar-refractivity contribution in [2.45, 2.75) is 90.3 Å². The van der Waals surface area contributed by atoms with Crippen molar-refractivity contribution in [1.82, 2.24) is 26.2 Å². The largest absolute Gasteiger partial charge is 0.497 e. The molecular formula is C44H58N6O6. The number of aryl methyl sites for hydroxylation is 2. The van der Waals surface area contributed by atoms with Crippen LogP contribution < -0.4 is 30.9 Å². The van der Waals surface area contributed by atoms with Gasteiger partial charge in [0.05, 0.1) is 19.6 Å². The van der Waals surface area contributed by atoms with Gasteiger partial charge in [-0.15, -0.1) is 0 Å². The number of hydrogen-bond donors (Lipinski definition) is 4. The van der Waals surface area contributed by atoms with Gasteiger partial charge in [-0.1, -0.05) is 75.4 Å². The summed E-state index contributed by atoms with van der Waals surface area (Å²) in [5.74, 6) is -0.954. The molecule has 56 heavy (non-hydrogen) atoms. The molecule has 12 heteroatoms. The van der Waals surface area contributed by atoms with Gasteiger partial charge in [0.1, 0.15) is 17.8 Å². The predicted molar refractivity (Wildman–Crippen MR) is 217 cm³/mol. The molecule has 3 atom stereocenters. The summed E-state index contributed by atoms with van der Waals surface area (Å²) in [5, 5.41) is 11.8. The highest BCUT2D eigenvalue weighted by Gasteiger charge is 2.34. The van der Waals surface area contributed by atoms with E-state index < -0.39 is 29.9 Å². The first-order valence-corrected chi connectivity index (χ1v) is 19.8. The summed E-state index contributed by atoms with van der Waals surface area (Å²) in [7, 11) is 3.32. The second-order valence-corrected chi connectivity index (χ2v) is 16.1. The van der Waals surface area contributed by atoms with Gasteiger partial charge in [-0.05, 0) is 91.3 Å². The minimum Gasteiger partial charge on any atom is -0.497 e. The number of fused-ring (bicyclic) bond motifs is 1. The Kier molecular flexibility index (Phi) is 14.5. The molecule has 12 nitrogen and oxygen atoms in total. The zero-order chi connectivity index (χ0) is 40.2. The molecule has 300 valence electrons. The number of anilines is 1. The van der Waals surface area contributed by atoms with Gasteiger partial charge < -0.3 is 35.8 Å². The number of rotatable bonds is 14. The molecule has 3 aromatic carbocycles. The molecule has 0 bridgehead atoms. The Morgan fingerprint density at radius 3 is 2.20 bits per heavy atom. The van der Waals surface area contributed by atoms with E-state index in [4.69, 9.17) is 4.74 Å². The summed E-state index contributed by atoms with van der Waals surface area (Å²) < 4.78 is 5.23. The van der Waals surface area contributed by atoms with Crippen molar-refractivity contribution in [2.75, 3.05) is 38.7 Å². The Hall–Kier alpha value is -5.39. The number of amides is 6. The Bertz CT molecular complexity index is 1800. The van der Waals surface area contributed by atoms with Crippen molar-refractivity contribution >= 4 is 35.3 Å². The lowest BCUT2D eigenvalue weighted by Crippen LogP contribution is -2.57. The first-order valence-electron chi connectivity index (χ1n) is 19.8. The first-order chi connectivity index (χ1) is 26.8. The van der Waals surface area contributed by atoms with E-state index in [9.17, 15) is 24.0 Å². The maximum absolute atomic E-state index is 14.1. The molecule has 1 saturated heterocycles. The van der Waals surface area contributed by atoms with Gasteiger partial charge in [0.25, 0.3) is 0 Å². The van der Waals surface area contributed by atoms with E-state index in [-0.39, 0.29) is 35.6 Å². The van der Waals surface area contributed by atoms with Crippen LogP contribution in [0, 0.1) is 11.3 Å². The zero-order valence-electron chi connectivity index (χ0n) is 33.4. The third kappa shape index (κ3) is 11.8. The van der Waals surface area contributed by atoms with Crippen molar-refractivity contribution in [2.24, 2.45) is 11.3 Å². The third-order valence-corrected chi connectivity index (χ3v) is 10.6. The zero-order valence-corrected chi connectivity index (χ0v) is 33.4. The average Bonchev–Trinajstić information content (AvgIpc) is 3.21. The summed E-state index contributed by atoms with van der Waals surface area (Å²) in [6, 6.07) is 22.2. The van der Waals surface area contributed by atoms with Crippen LogP contribution >= 0.6 is 0 Å². The maximum atomic E-state index is 14.1. The van der Waals surface area contributed by atoms with E-state index in [1.807, 2.05) is 81.4 Å². The number of piperidine rings is 1. The Morgan fingerprint density at radius 2 is 1.52 bits per heavy atom. The van der Waals surface area contributed by atoms with E-state index in [1.54, 1.807) is 36.1 Å². The van der Waals surface area contributed by atoms with E-state index in [1.165, 1.54) is 5.56 Å². The van der Waals surface area contributed by atoms with Crippen molar-refractivity contribution in [3.8, 4) is 5.75 Å². The lowest BCUT2D eigenvalue weighted by Gasteiger charge is -2.34. The molecule has 0 unspecified atom stereocenters. The van der Waals surface area contributed by atoms with Crippen LogP contribution in [-0.4, -0.2) is 80.4 Å². The minimum absolute atomic E-state index is 0.0421. The van der Waals surface area contributed by atoms with Gasteiger partial charge in [-0.25, -0.2) is 4.79 Å². The SMILES string of the molecule is COc1ccc(N(C)C(=O)C2CCN(C(=O)N[C@@H](CC(=O)NCC(C)(C)C)C(=O)N[C@@H](CCc3ccccc3)C(=O)N[C@@H]3CCCc4ccccc43)CC2)cc1. The Morgan fingerprint density at radius 1 is 0.839 bits per heavy atom. The van der Waals surface area contributed by atoms with E-state index in [2.05, 4.69) is 27.3 Å².